The summed E-state index contributed by atoms with van der Waals surface area (Å²) in [6.45, 7) is 0. The number of benzene rings is 12. The van der Waals surface area contributed by atoms with Crippen molar-refractivity contribution in [2.24, 2.45) is 0 Å². The van der Waals surface area contributed by atoms with Crippen molar-refractivity contribution in [3.63, 3.8) is 0 Å². The Hall–Kier alpha value is -9.30. The summed E-state index contributed by atoms with van der Waals surface area (Å²) < 4.78 is 0. The molecule has 1 spiro atoms. The van der Waals surface area contributed by atoms with Crippen molar-refractivity contribution in [1.82, 2.24) is 0 Å². The lowest BCUT2D eigenvalue weighted by Gasteiger charge is -2.50. The van der Waals surface area contributed by atoms with Gasteiger partial charge in [-0.2, -0.15) is 0 Å². The van der Waals surface area contributed by atoms with Crippen LogP contribution in [0.2, 0.25) is 0 Å². The molecule has 73 heavy (non-hydrogen) atoms. The van der Waals surface area contributed by atoms with Crippen LogP contribution in [0.1, 0.15) is 44.5 Å². The van der Waals surface area contributed by atoms with Crippen LogP contribution in [-0.2, 0) is 10.8 Å². The smallest absolute Gasteiger partial charge is 0.0720 e. The predicted octanol–water partition coefficient (Wildman–Crippen LogP) is 18.4. The molecule has 14 rings (SSSR count). The molecule has 0 radical (unpaired) electrons. The zero-order valence-corrected chi connectivity index (χ0v) is 40.2. The minimum Gasteiger partial charge on any atom is -0.311 e. The molecule has 0 saturated carbocycles. The van der Waals surface area contributed by atoms with Crippen molar-refractivity contribution in [1.29, 1.82) is 0 Å². The molecule has 1 heteroatoms. The zero-order valence-electron chi connectivity index (χ0n) is 40.2. The van der Waals surface area contributed by atoms with Gasteiger partial charge in [-0.15, -0.1) is 0 Å². The third-order valence-corrected chi connectivity index (χ3v) is 15.8. The van der Waals surface area contributed by atoms with E-state index in [2.05, 4.69) is 302 Å². The SMILES string of the molecule is c1ccc(-c2ccc(N(c3ccc(-c4ccc5c(c4)-c4ccccc4C54c5ccccc5C(c5ccccc5)(c5ccccc5)c5ccccc54)cc3)c3ccc(-c4cccc5ccccc45)cc3)cc2)cc1. The van der Waals surface area contributed by atoms with Crippen LogP contribution in [0.4, 0.5) is 17.1 Å². The molecule has 0 aliphatic heterocycles. The molecule has 0 unspecified atom stereocenters. The molecule has 0 N–H and O–H groups in total. The molecule has 2 aliphatic rings. The molecule has 0 aromatic heterocycles. The average molecular weight is 928 g/mol. The number of fused-ring (bicyclic) bond motifs is 10. The lowest BCUT2D eigenvalue weighted by molar-refractivity contribution is 0.623. The summed E-state index contributed by atoms with van der Waals surface area (Å²) >= 11 is 0. The monoisotopic (exact) mass is 927 g/mol. The standard InChI is InChI=1S/C72H49N/c1-4-19-50(20-5-1)51-35-42-58(43-36-51)73(60-46-39-54(40-47-60)62-29-18-22-53-21-10-11-27-61(53)62)59-44-37-52(38-45-59)55-41-48-66-64(49-55)63-28-12-13-30-65(63)72(66)69-33-16-14-31-67(69)71(56-23-6-2-7-24-56,57-25-8-3-9-26-57)68-32-15-17-34-70(68)72/h1-49H. The quantitative estimate of drug-likeness (QED) is 0.147. The highest BCUT2D eigenvalue weighted by Gasteiger charge is 2.56. The average Bonchev–Trinajstić information content (AvgIpc) is 3.76. The van der Waals surface area contributed by atoms with Gasteiger partial charge in [0.1, 0.15) is 0 Å². The number of rotatable bonds is 8. The number of anilines is 3. The maximum absolute atomic E-state index is 2.45. The van der Waals surface area contributed by atoms with Gasteiger partial charge in [0.05, 0.1) is 10.8 Å². The lowest BCUT2D eigenvalue weighted by atomic mass is 9.51. The molecule has 0 heterocycles. The summed E-state index contributed by atoms with van der Waals surface area (Å²) in [7, 11) is 0. The number of hydrogen-bond donors (Lipinski definition) is 0. The Morgan fingerprint density at radius 3 is 1.18 bits per heavy atom. The molecule has 12 aromatic carbocycles. The minimum absolute atomic E-state index is 0.531. The third kappa shape index (κ3) is 6.56. The highest BCUT2D eigenvalue weighted by molar-refractivity contribution is 5.97. The van der Waals surface area contributed by atoms with Crippen LogP contribution in [0.15, 0.2) is 297 Å². The second kappa shape index (κ2) is 17.2. The first-order valence-corrected chi connectivity index (χ1v) is 25.4. The van der Waals surface area contributed by atoms with E-state index in [9.17, 15) is 0 Å². The first kappa shape index (κ1) is 42.6. The van der Waals surface area contributed by atoms with Crippen LogP contribution < -0.4 is 4.90 Å². The van der Waals surface area contributed by atoms with Crippen molar-refractivity contribution >= 4 is 27.8 Å². The largest absolute Gasteiger partial charge is 0.311 e. The van der Waals surface area contributed by atoms with Crippen LogP contribution in [0.25, 0.3) is 55.3 Å². The summed E-state index contributed by atoms with van der Waals surface area (Å²) in [6, 6.07) is 110. The van der Waals surface area contributed by atoms with Gasteiger partial charge in [0.15, 0.2) is 0 Å². The highest BCUT2D eigenvalue weighted by atomic mass is 15.1. The fourth-order valence-electron chi connectivity index (χ4n) is 12.7. The second-order valence-electron chi connectivity index (χ2n) is 19.5. The molecule has 342 valence electrons. The number of nitrogens with zero attached hydrogens (tertiary/aromatic N) is 1. The maximum atomic E-state index is 2.45. The zero-order chi connectivity index (χ0) is 48.3. The van der Waals surface area contributed by atoms with Crippen molar-refractivity contribution < 1.29 is 0 Å². The van der Waals surface area contributed by atoms with Crippen molar-refractivity contribution in [3.8, 4) is 44.5 Å². The fraction of sp³-hybridized carbons (Fsp3) is 0.0278. The molecule has 0 bridgehead atoms. The summed E-state index contributed by atoms with van der Waals surface area (Å²) in [5.74, 6) is 0. The van der Waals surface area contributed by atoms with E-state index in [0.29, 0.717) is 0 Å². The molecule has 0 saturated heterocycles. The molecule has 0 amide bonds. The fourth-order valence-corrected chi connectivity index (χ4v) is 12.7. The number of hydrogen-bond acceptors (Lipinski definition) is 1. The molecule has 12 aromatic rings. The molecule has 0 atom stereocenters. The van der Waals surface area contributed by atoms with E-state index in [1.165, 1.54) is 99.8 Å². The Morgan fingerprint density at radius 1 is 0.219 bits per heavy atom. The van der Waals surface area contributed by atoms with Crippen molar-refractivity contribution in [3.05, 3.63) is 342 Å². The maximum Gasteiger partial charge on any atom is 0.0720 e. The molecule has 0 fully saturated rings. The Kier molecular flexibility index (Phi) is 10.0. The minimum atomic E-state index is -0.533. The Balaban J connectivity index is 0.889. The van der Waals surface area contributed by atoms with Gasteiger partial charge in [-0.05, 0) is 142 Å². The van der Waals surface area contributed by atoms with E-state index in [0.717, 1.165) is 17.1 Å². The van der Waals surface area contributed by atoms with E-state index in [1.54, 1.807) is 0 Å². The molecule has 2 aliphatic carbocycles. The van der Waals surface area contributed by atoms with Gasteiger partial charge in [-0.1, -0.05) is 255 Å². The second-order valence-corrected chi connectivity index (χ2v) is 19.5. The summed E-state index contributed by atoms with van der Waals surface area (Å²) in [5.41, 5.74) is 22.4. The van der Waals surface area contributed by atoms with Crippen LogP contribution >= 0.6 is 0 Å². The van der Waals surface area contributed by atoms with E-state index in [1.807, 2.05) is 0 Å². The van der Waals surface area contributed by atoms with Crippen molar-refractivity contribution in [2.75, 3.05) is 4.90 Å². The van der Waals surface area contributed by atoms with Crippen LogP contribution in [0.5, 0.6) is 0 Å². The van der Waals surface area contributed by atoms with E-state index >= 15 is 0 Å². The Bertz CT molecular complexity index is 3890. The van der Waals surface area contributed by atoms with Gasteiger partial charge in [0.25, 0.3) is 0 Å². The predicted molar refractivity (Wildman–Crippen MR) is 304 cm³/mol. The molecular weight excluding hydrogens is 879 g/mol. The third-order valence-electron chi connectivity index (χ3n) is 15.8. The van der Waals surface area contributed by atoms with E-state index in [4.69, 9.17) is 0 Å². The normalized spacial score (nSPS) is 13.4. The van der Waals surface area contributed by atoms with E-state index in [-0.39, 0.29) is 0 Å². The van der Waals surface area contributed by atoms with Gasteiger partial charge < -0.3 is 4.90 Å². The van der Waals surface area contributed by atoms with E-state index < -0.39 is 10.8 Å². The van der Waals surface area contributed by atoms with Gasteiger partial charge in [0.2, 0.25) is 0 Å². The highest BCUT2D eigenvalue weighted by Crippen LogP contribution is 2.64. The van der Waals surface area contributed by atoms with Gasteiger partial charge in [0, 0.05) is 17.1 Å². The Morgan fingerprint density at radius 2 is 0.603 bits per heavy atom. The lowest BCUT2D eigenvalue weighted by Crippen LogP contribution is -2.44. The summed E-state index contributed by atoms with van der Waals surface area (Å²) in [4.78, 5) is 2.37. The van der Waals surface area contributed by atoms with Gasteiger partial charge >= 0.3 is 0 Å². The van der Waals surface area contributed by atoms with Gasteiger partial charge in [-0.3, -0.25) is 0 Å². The first-order valence-electron chi connectivity index (χ1n) is 25.4. The Labute approximate surface area is 427 Å². The van der Waals surface area contributed by atoms with Crippen molar-refractivity contribution in [2.45, 2.75) is 10.8 Å². The summed E-state index contributed by atoms with van der Waals surface area (Å²) in [5, 5.41) is 2.50. The topological polar surface area (TPSA) is 3.24 Å². The van der Waals surface area contributed by atoms with Crippen LogP contribution in [0, 0.1) is 0 Å². The van der Waals surface area contributed by atoms with Gasteiger partial charge in [-0.25, -0.2) is 0 Å². The molecule has 1 nitrogen and oxygen atoms in total. The first-order chi connectivity index (χ1) is 36.2. The summed E-state index contributed by atoms with van der Waals surface area (Å²) in [6.07, 6.45) is 0. The molecular formula is C72H49N. The van der Waals surface area contributed by atoms with Crippen LogP contribution in [-0.4, -0.2) is 0 Å². The van der Waals surface area contributed by atoms with Crippen LogP contribution in [0.3, 0.4) is 0 Å².